The molecule has 0 unspecified atom stereocenters. The standard InChI is InChI=1S/C12H13N.ClH/c1-2-7-13-12-8-10-5-3-4-6-11(10)9-12;/h1,3-6,12-13H,7-9H2;1H. The first kappa shape index (κ1) is 11.1. The highest BCUT2D eigenvalue weighted by atomic mass is 35.5. The van der Waals surface area contributed by atoms with Crippen LogP contribution in [-0.2, 0) is 12.8 Å². The lowest BCUT2D eigenvalue weighted by Gasteiger charge is -2.07. The van der Waals surface area contributed by atoms with E-state index in [0.717, 1.165) is 12.8 Å². The third kappa shape index (κ3) is 2.29. The van der Waals surface area contributed by atoms with Gasteiger partial charge in [0.2, 0.25) is 0 Å². The molecule has 1 nitrogen and oxygen atoms in total. The highest BCUT2D eigenvalue weighted by Crippen LogP contribution is 2.21. The molecule has 0 aliphatic heterocycles. The van der Waals surface area contributed by atoms with Gasteiger partial charge in [0, 0.05) is 6.04 Å². The average molecular weight is 208 g/mol. The van der Waals surface area contributed by atoms with Crippen LogP contribution in [0.25, 0.3) is 0 Å². The average Bonchev–Trinajstić information content (AvgIpc) is 2.57. The minimum atomic E-state index is 0. The van der Waals surface area contributed by atoms with E-state index in [1.165, 1.54) is 11.1 Å². The number of halogens is 1. The highest BCUT2D eigenvalue weighted by Gasteiger charge is 2.19. The van der Waals surface area contributed by atoms with Crippen molar-refractivity contribution in [2.24, 2.45) is 0 Å². The Morgan fingerprint density at radius 1 is 1.29 bits per heavy atom. The summed E-state index contributed by atoms with van der Waals surface area (Å²) in [5.74, 6) is 2.61. The molecule has 1 N–H and O–H groups in total. The minimum Gasteiger partial charge on any atom is -0.303 e. The van der Waals surface area contributed by atoms with Gasteiger partial charge >= 0.3 is 0 Å². The van der Waals surface area contributed by atoms with E-state index in [1.807, 2.05) is 0 Å². The maximum Gasteiger partial charge on any atom is 0.0576 e. The first-order chi connectivity index (χ1) is 6.40. The van der Waals surface area contributed by atoms with E-state index in [1.54, 1.807) is 0 Å². The summed E-state index contributed by atoms with van der Waals surface area (Å²) in [7, 11) is 0. The molecule has 0 saturated heterocycles. The molecule has 74 valence electrons. The highest BCUT2D eigenvalue weighted by molar-refractivity contribution is 5.85. The molecule has 2 rings (SSSR count). The number of terminal acetylenes is 1. The van der Waals surface area contributed by atoms with Gasteiger partial charge in [-0.15, -0.1) is 18.8 Å². The maximum atomic E-state index is 5.20. The van der Waals surface area contributed by atoms with E-state index in [-0.39, 0.29) is 12.4 Å². The Kier molecular flexibility index (Phi) is 4.00. The smallest absolute Gasteiger partial charge is 0.0576 e. The summed E-state index contributed by atoms with van der Waals surface area (Å²) in [5.41, 5.74) is 2.94. The molecule has 1 aromatic carbocycles. The normalized spacial score (nSPS) is 14.2. The zero-order chi connectivity index (χ0) is 9.10. The number of hydrogen-bond acceptors (Lipinski definition) is 1. The largest absolute Gasteiger partial charge is 0.303 e. The number of rotatable bonds is 2. The van der Waals surface area contributed by atoms with Crippen LogP contribution in [0.1, 0.15) is 11.1 Å². The molecule has 0 aromatic heterocycles. The summed E-state index contributed by atoms with van der Waals surface area (Å²) >= 11 is 0. The summed E-state index contributed by atoms with van der Waals surface area (Å²) in [6, 6.07) is 9.15. The van der Waals surface area contributed by atoms with E-state index in [0.29, 0.717) is 12.6 Å². The third-order valence-electron chi connectivity index (χ3n) is 2.54. The monoisotopic (exact) mass is 207 g/mol. The van der Waals surface area contributed by atoms with Crippen LogP contribution in [0.2, 0.25) is 0 Å². The topological polar surface area (TPSA) is 12.0 Å². The molecule has 0 heterocycles. The second-order valence-electron chi connectivity index (χ2n) is 3.46. The fourth-order valence-electron chi connectivity index (χ4n) is 1.91. The summed E-state index contributed by atoms with van der Waals surface area (Å²) < 4.78 is 0. The lowest BCUT2D eigenvalue weighted by Crippen LogP contribution is -2.29. The van der Waals surface area contributed by atoms with E-state index in [4.69, 9.17) is 6.42 Å². The molecule has 0 amide bonds. The Morgan fingerprint density at radius 2 is 1.86 bits per heavy atom. The summed E-state index contributed by atoms with van der Waals surface area (Å²) in [4.78, 5) is 0. The Bertz CT molecular complexity index is 315. The number of nitrogens with one attached hydrogen (secondary N) is 1. The molecular formula is C12H14ClN. The molecule has 1 aliphatic rings. The van der Waals surface area contributed by atoms with Crippen molar-refractivity contribution in [1.82, 2.24) is 5.32 Å². The van der Waals surface area contributed by atoms with E-state index >= 15 is 0 Å². The van der Waals surface area contributed by atoms with Crippen LogP contribution in [0.3, 0.4) is 0 Å². The van der Waals surface area contributed by atoms with Crippen LogP contribution in [0.4, 0.5) is 0 Å². The third-order valence-corrected chi connectivity index (χ3v) is 2.54. The van der Waals surface area contributed by atoms with Gasteiger partial charge in [-0.25, -0.2) is 0 Å². The van der Waals surface area contributed by atoms with E-state index in [2.05, 4.69) is 35.5 Å². The SMILES string of the molecule is C#CCNC1Cc2ccccc2C1.Cl. The number of fused-ring (bicyclic) bond motifs is 1. The van der Waals surface area contributed by atoms with Gasteiger partial charge in [0.1, 0.15) is 0 Å². The fourth-order valence-corrected chi connectivity index (χ4v) is 1.91. The lowest BCUT2D eigenvalue weighted by atomic mass is 10.1. The minimum absolute atomic E-state index is 0. The van der Waals surface area contributed by atoms with Gasteiger partial charge in [-0.2, -0.15) is 0 Å². The maximum absolute atomic E-state index is 5.20. The zero-order valence-electron chi connectivity index (χ0n) is 7.99. The van der Waals surface area contributed by atoms with E-state index < -0.39 is 0 Å². The zero-order valence-corrected chi connectivity index (χ0v) is 8.81. The van der Waals surface area contributed by atoms with Crippen molar-refractivity contribution in [3.05, 3.63) is 35.4 Å². The molecule has 2 heteroatoms. The van der Waals surface area contributed by atoms with Crippen LogP contribution in [-0.4, -0.2) is 12.6 Å². The van der Waals surface area contributed by atoms with Gasteiger partial charge in [-0.05, 0) is 24.0 Å². The summed E-state index contributed by atoms with van der Waals surface area (Å²) in [6.07, 6.45) is 7.44. The van der Waals surface area contributed by atoms with E-state index in [9.17, 15) is 0 Å². The number of benzene rings is 1. The Morgan fingerprint density at radius 3 is 2.36 bits per heavy atom. The molecule has 0 saturated carbocycles. The van der Waals surface area contributed by atoms with Gasteiger partial charge in [0.15, 0.2) is 0 Å². The van der Waals surface area contributed by atoms with Crippen molar-refractivity contribution in [3.8, 4) is 12.3 Å². The fraction of sp³-hybridized carbons (Fsp3) is 0.333. The molecule has 0 spiro atoms. The first-order valence-electron chi connectivity index (χ1n) is 4.64. The molecule has 0 radical (unpaired) electrons. The van der Waals surface area contributed by atoms with Crippen LogP contribution < -0.4 is 5.32 Å². The van der Waals surface area contributed by atoms with Crippen LogP contribution >= 0.6 is 12.4 Å². The Hall–Kier alpha value is -0.970. The van der Waals surface area contributed by atoms with Crippen molar-refractivity contribution in [3.63, 3.8) is 0 Å². The lowest BCUT2D eigenvalue weighted by molar-refractivity contribution is 0.571. The summed E-state index contributed by atoms with van der Waals surface area (Å²) in [6.45, 7) is 0.679. The Balaban J connectivity index is 0.000000980. The van der Waals surface area contributed by atoms with Gasteiger partial charge in [0.25, 0.3) is 0 Å². The van der Waals surface area contributed by atoms with Crippen LogP contribution in [0, 0.1) is 12.3 Å². The Labute approximate surface area is 91.3 Å². The molecular weight excluding hydrogens is 194 g/mol. The molecule has 1 aromatic rings. The molecule has 0 atom stereocenters. The molecule has 1 aliphatic carbocycles. The van der Waals surface area contributed by atoms with Gasteiger partial charge in [-0.3, -0.25) is 0 Å². The quantitative estimate of drug-likeness (QED) is 0.730. The first-order valence-corrected chi connectivity index (χ1v) is 4.64. The van der Waals surface area contributed by atoms with Gasteiger partial charge in [0.05, 0.1) is 6.54 Å². The van der Waals surface area contributed by atoms with Crippen molar-refractivity contribution in [2.75, 3.05) is 6.54 Å². The van der Waals surface area contributed by atoms with Gasteiger partial charge < -0.3 is 5.32 Å². The second-order valence-corrected chi connectivity index (χ2v) is 3.46. The number of hydrogen-bond donors (Lipinski definition) is 1. The molecule has 0 fully saturated rings. The van der Waals surface area contributed by atoms with Gasteiger partial charge in [-0.1, -0.05) is 30.2 Å². The van der Waals surface area contributed by atoms with Crippen molar-refractivity contribution in [2.45, 2.75) is 18.9 Å². The predicted octanol–water partition coefficient (Wildman–Crippen LogP) is 1.80. The van der Waals surface area contributed by atoms with Crippen molar-refractivity contribution < 1.29 is 0 Å². The summed E-state index contributed by atoms with van der Waals surface area (Å²) in [5, 5.41) is 3.34. The molecule has 14 heavy (non-hydrogen) atoms. The van der Waals surface area contributed by atoms with Crippen molar-refractivity contribution >= 4 is 12.4 Å². The molecule has 0 bridgehead atoms. The van der Waals surface area contributed by atoms with Crippen molar-refractivity contribution in [1.29, 1.82) is 0 Å². The van der Waals surface area contributed by atoms with Crippen LogP contribution in [0.15, 0.2) is 24.3 Å². The van der Waals surface area contributed by atoms with Crippen LogP contribution in [0.5, 0.6) is 0 Å². The predicted molar refractivity (Wildman–Crippen MR) is 61.7 cm³/mol. The second kappa shape index (κ2) is 5.05.